The second-order valence-electron chi connectivity index (χ2n) is 25.0. The summed E-state index contributed by atoms with van der Waals surface area (Å²) in [4.78, 5) is 13.1. The van der Waals surface area contributed by atoms with E-state index in [1.54, 1.807) is 6.08 Å². The summed E-state index contributed by atoms with van der Waals surface area (Å²) in [6.07, 6.45) is 73.0. The van der Waals surface area contributed by atoms with Crippen molar-refractivity contribution in [1.29, 1.82) is 0 Å². The van der Waals surface area contributed by atoms with Crippen molar-refractivity contribution < 1.29 is 39.8 Å². The molecule has 0 bridgehead atoms. The molecular weight excluding hydrogens is 995 g/mol. The Kier molecular flexibility index (Phi) is 58.3. The van der Waals surface area contributed by atoms with Crippen LogP contribution in [0.1, 0.15) is 367 Å². The standard InChI is InChI=1S/C71H137NO8/c1-3-5-7-9-11-13-15-17-19-21-23-25-27-29-31-33-34-36-38-40-42-44-46-48-50-52-54-56-58-60-65(74)64(63-79-71-70(78)69(77)68(76)66(62-73)80-71)72-67(75)61-59-57-55-53-51-49-47-45-43-41-39-37-35-32-30-28-26-24-22-20-18-16-14-12-10-8-6-4-2/h50,52,58,60,64-66,68-71,73-74,76-78H,3-49,51,53-57,59,61-63H2,1-2H3,(H,72,75)/b52-50+,60-58+. The number of hydrogen-bond donors (Lipinski definition) is 6. The molecule has 1 rings (SSSR count). The highest BCUT2D eigenvalue weighted by atomic mass is 16.7. The number of rotatable bonds is 63. The van der Waals surface area contributed by atoms with Crippen molar-refractivity contribution in [3.8, 4) is 0 Å². The van der Waals surface area contributed by atoms with Gasteiger partial charge in [0.05, 0.1) is 25.4 Å². The Bertz CT molecular complexity index is 1310. The lowest BCUT2D eigenvalue weighted by atomic mass is 9.99. The number of amides is 1. The maximum atomic E-state index is 13.1. The molecule has 0 aromatic rings. The number of nitrogens with one attached hydrogen (secondary N) is 1. The predicted octanol–water partition coefficient (Wildman–Crippen LogP) is 19.3. The molecule has 80 heavy (non-hydrogen) atoms. The Morgan fingerprint density at radius 2 is 0.713 bits per heavy atom. The first-order valence-corrected chi connectivity index (χ1v) is 35.6. The average molecular weight is 1130 g/mol. The van der Waals surface area contributed by atoms with Crippen LogP contribution in [0.25, 0.3) is 0 Å². The lowest BCUT2D eigenvalue weighted by molar-refractivity contribution is -0.302. The second-order valence-corrected chi connectivity index (χ2v) is 25.0. The van der Waals surface area contributed by atoms with E-state index in [2.05, 4.69) is 31.3 Å². The zero-order valence-electron chi connectivity index (χ0n) is 53.1. The summed E-state index contributed by atoms with van der Waals surface area (Å²) >= 11 is 0. The van der Waals surface area contributed by atoms with Crippen molar-refractivity contribution in [3.05, 3.63) is 24.3 Å². The fraction of sp³-hybridized carbons (Fsp3) is 0.930. The fourth-order valence-corrected chi connectivity index (χ4v) is 11.7. The van der Waals surface area contributed by atoms with E-state index in [0.717, 1.165) is 38.5 Å². The van der Waals surface area contributed by atoms with E-state index in [0.29, 0.717) is 6.42 Å². The van der Waals surface area contributed by atoms with Crippen LogP contribution in [0.5, 0.6) is 0 Å². The Morgan fingerprint density at radius 1 is 0.412 bits per heavy atom. The molecule has 6 N–H and O–H groups in total. The van der Waals surface area contributed by atoms with Crippen LogP contribution >= 0.6 is 0 Å². The van der Waals surface area contributed by atoms with E-state index < -0.39 is 49.5 Å². The number of carbonyl (C=O) groups is 1. The van der Waals surface area contributed by atoms with E-state index >= 15 is 0 Å². The van der Waals surface area contributed by atoms with Crippen molar-refractivity contribution in [2.24, 2.45) is 0 Å². The largest absolute Gasteiger partial charge is 0.394 e. The molecule has 0 aliphatic carbocycles. The second kappa shape index (κ2) is 60.8. The number of aliphatic hydroxyl groups excluding tert-OH is 5. The molecule has 9 nitrogen and oxygen atoms in total. The average Bonchev–Trinajstić information content (AvgIpc) is 3.46. The zero-order valence-corrected chi connectivity index (χ0v) is 53.1. The Labute approximate surface area is 496 Å². The molecule has 7 unspecified atom stereocenters. The third kappa shape index (κ3) is 49.0. The number of hydrogen-bond acceptors (Lipinski definition) is 8. The van der Waals surface area contributed by atoms with Crippen LogP contribution in [0, 0.1) is 0 Å². The number of aliphatic hydroxyl groups is 5. The summed E-state index contributed by atoms with van der Waals surface area (Å²) in [5.41, 5.74) is 0. The minimum absolute atomic E-state index is 0.178. The molecule has 1 saturated heterocycles. The highest BCUT2D eigenvalue weighted by molar-refractivity contribution is 5.76. The maximum Gasteiger partial charge on any atom is 0.220 e. The van der Waals surface area contributed by atoms with E-state index in [4.69, 9.17) is 9.47 Å². The van der Waals surface area contributed by atoms with Gasteiger partial charge in [-0.25, -0.2) is 0 Å². The zero-order chi connectivity index (χ0) is 57.9. The smallest absolute Gasteiger partial charge is 0.220 e. The first kappa shape index (κ1) is 76.7. The third-order valence-electron chi connectivity index (χ3n) is 17.3. The predicted molar refractivity (Wildman–Crippen MR) is 341 cm³/mol. The molecule has 0 aromatic heterocycles. The van der Waals surface area contributed by atoms with Gasteiger partial charge in [-0.2, -0.15) is 0 Å². The molecule has 1 aliphatic heterocycles. The molecule has 1 aliphatic rings. The van der Waals surface area contributed by atoms with Gasteiger partial charge in [-0.15, -0.1) is 0 Å². The third-order valence-corrected chi connectivity index (χ3v) is 17.3. The van der Waals surface area contributed by atoms with E-state index in [1.165, 1.54) is 308 Å². The summed E-state index contributed by atoms with van der Waals surface area (Å²) in [6, 6.07) is -0.820. The summed E-state index contributed by atoms with van der Waals surface area (Å²) in [5, 5.41) is 54.7. The fourth-order valence-electron chi connectivity index (χ4n) is 11.7. The SMILES string of the molecule is CCCCCCCCCCCCCCCCCCCCCCCCC/C=C/CC/C=C/C(O)C(COC1OC(CO)C(O)C(O)C1O)NC(=O)CCCCCCCCCCCCCCCCCCCCCCCCCCCCCC. The van der Waals surface area contributed by atoms with Crippen molar-refractivity contribution in [3.63, 3.8) is 0 Å². The molecule has 9 heteroatoms. The van der Waals surface area contributed by atoms with E-state index in [-0.39, 0.29) is 12.5 Å². The molecule has 0 aromatic carbocycles. The molecule has 1 fully saturated rings. The van der Waals surface area contributed by atoms with Crippen molar-refractivity contribution >= 4 is 5.91 Å². The number of allylic oxidation sites excluding steroid dienone is 3. The van der Waals surface area contributed by atoms with Crippen molar-refractivity contribution in [2.75, 3.05) is 13.2 Å². The molecular formula is C71H137NO8. The van der Waals surface area contributed by atoms with Crippen LogP contribution in [-0.4, -0.2) is 87.5 Å². The first-order chi connectivity index (χ1) is 39.3. The van der Waals surface area contributed by atoms with E-state index in [9.17, 15) is 30.3 Å². The molecule has 0 saturated carbocycles. The topological polar surface area (TPSA) is 149 Å². The van der Waals surface area contributed by atoms with Gasteiger partial charge in [-0.1, -0.05) is 353 Å². The van der Waals surface area contributed by atoms with Crippen LogP contribution in [0.15, 0.2) is 24.3 Å². The Hall–Kier alpha value is -1.33. The van der Waals surface area contributed by atoms with Crippen LogP contribution in [0.2, 0.25) is 0 Å². The van der Waals surface area contributed by atoms with Gasteiger partial charge in [0, 0.05) is 6.42 Å². The Balaban J connectivity index is 2.13. The highest BCUT2D eigenvalue weighted by Crippen LogP contribution is 2.24. The minimum Gasteiger partial charge on any atom is -0.394 e. The minimum atomic E-state index is -1.57. The van der Waals surface area contributed by atoms with Gasteiger partial charge in [-0.3, -0.25) is 4.79 Å². The molecule has 7 atom stereocenters. The molecule has 1 heterocycles. The van der Waals surface area contributed by atoms with Crippen LogP contribution in [0.3, 0.4) is 0 Å². The summed E-state index contributed by atoms with van der Waals surface area (Å²) in [5.74, 6) is -0.178. The molecule has 474 valence electrons. The van der Waals surface area contributed by atoms with Gasteiger partial charge in [0.1, 0.15) is 24.4 Å². The molecule has 1 amide bonds. The quantitative estimate of drug-likeness (QED) is 0.0261. The number of unbranched alkanes of at least 4 members (excludes halogenated alkanes) is 51. The highest BCUT2D eigenvalue weighted by Gasteiger charge is 2.44. The van der Waals surface area contributed by atoms with Gasteiger partial charge in [0.25, 0.3) is 0 Å². The van der Waals surface area contributed by atoms with Gasteiger partial charge in [0.15, 0.2) is 6.29 Å². The molecule has 0 radical (unpaired) electrons. The van der Waals surface area contributed by atoms with Crippen molar-refractivity contribution in [2.45, 2.75) is 410 Å². The van der Waals surface area contributed by atoms with Gasteiger partial charge >= 0.3 is 0 Å². The summed E-state index contributed by atoms with van der Waals surface area (Å²) in [7, 11) is 0. The van der Waals surface area contributed by atoms with Gasteiger partial charge in [-0.05, 0) is 32.1 Å². The normalized spacial score (nSPS) is 18.5. The Morgan fingerprint density at radius 3 is 1.05 bits per heavy atom. The molecule has 0 spiro atoms. The van der Waals surface area contributed by atoms with Gasteiger partial charge in [0.2, 0.25) is 5.91 Å². The van der Waals surface area contributed by atoms with Gasteiger partial charge < -0.3 is 40.3 Å². The van der Waals surface area contributed by atoms with E-state index in [1.807, 2.05) is 6.08 Å². The van der Waals surface area contributed by atoms with Crippen molar-refractivity contribution in [1.82, 2.24) is 5.32 Å². The van der Waals surface area contributed by atoms with Crippen LogP contribution in [-0.2, 0) is 14.3 Å². The monoisotopic (exact) mass is 1130 g/mol. The summed E-state index contributed by atoms with van der Waals surface area (Å²) < 4.78 is 11.3. The first-order valence-electron chi connectivity index (χ1n) is 35.6. The maximum absolute atomic E-state index is 13.1. The number of ether oxygens (including phenoxy) is 2. The van der Waals surface area contributed by atoms with Crippen LogP contribution < -0.4 is 5.32 Å². The lowest BCUT2D eigenvalue weighted by Gasteiger charge is -2.40. The number of carbonyl (C=O) groups excluding carboxylic acids is 1. The summed E-state index contributed by atoms with van der Waals surface area (Å²) in [6.45, 7) is 3.83. The van der Waals surface area contributed by atoms with Crippen LogP contribution in [0.4, 0.5) is 0 Å². The lowest BCUT2D eigenvalue weighted by Crippen LogP contribution is -2.60.